The number of carbonyl (C=O) groups excluding carboxylic acids is 1. The van der Waals surface area contributed by atoms with Gasteiger partial charge in [-0.25, -0.2) is 0 Å². The number of rotatable bonds is 6. The maximum atomic E-state index is 11.6. The normalized spacial score (nSPS) is 12.1. The van der Waals surface area contributed by atoms with Crippen molar-refractivity contribution in [2.24, 2.45) is 0 Å². The van der Waals surface area contributed by atoms with Gasteiger partial charge in [-0.1, -0.05) is 43.7 Å². The topological polar surface area (TPSA) is 29.1 Å². The minimum absolute atomic E-state index is 0.0284. The van der Waals surface area contributed by atoms with Crippen molar-refractivity contribution in [1.82, 2.24) is 5.32 Å². The molecule has 0 spiro atoms. The van der Waals surface area contributed by atoms with E-state index < -0.39 is 0 Å². The van der Waals surface area contributed by atoms with E-state index in [-0.39, 0.29) is 11.2 Å². The highest BCUT2D eigenvalue weighted by Crippen LogP contribution is 2.07. The van der Waals surface area contributed by atoms with Crippen molar-refractivity contribution in [1.29, 1.82) is 0 Å². The molecule has 0 fully saturated rings. The maximum Gasteiger partial charge on any atom is 0.233 e. The molecule has 2 nitrogen and oxygen atoms in total. The summed E-state index contributed by atoms with van der Waals surface area (Å²) in [6, 6.07) is 9.96. The van der Waals surface area contributed by atoms with Gasteiger partial charge in [0, 0.05) is 6.54 Å². The molecule has 88 valence electrons. The third kappa shape index (κ3) is 4.71. The Morgan fingerprint density at radius 2 is 2.06 bits per heavy atom. The molecule has 0 radical (unpaired) electrons. The molecule has 0 saturated heterocycles. The third-order valence-electron chi connectivity index (χ3n) is 2.40. The largest absolute Gasteiger partial charge is 0.355 e. The number of amides is 1. The van der Waals surface area contributed by atoms with Crippen LogP contribution in [0.3, 0.4) is 0 Å². The summed E-state index contributed by atoms with van der Waals surface area (Å²) in [6.07, 6.45) is 2.80. The number of nitrogens with one attached hydrogen (secondary N) is 1. The lowest BCUT2D eigenvalue weighted by Crippen LogP contribution is -2.33. The first-order valence-electron chi connectivity index (χ1n) is 5.73. The van der Waals surface area contributed by atoms with Crippen LogP contribution in [-0.4, -0.2) is 17.7 Å². The van der Waals surface area contributed by atoms with Gasteiger partial charge < -0.3 is 5.32 Å². The summed E-state index contributed by atoms with van der Waals surface area (Å²) in [4.78, 5) is 11.6. The summed E-state index contributed by atoms with van der Waals surface area (Å²) in [5, 5.41) is 2.64. The molecule has 0 aromatic heterocycles. The van der Waals surface area contributed by atoms with Crippen molar-refractivity contribution in [2.45, 2.75) is 31.4 Å². The lowest BCUT2D eigenvalue weighted by Gasteiger charge is -2.11. The average molecular weight is 237 g/mol. The van der Waals surface area contributed by atoms with Crippen LogP contribution in [0.2, 0.25) is 0 Å². The van der Waals surface area contributed by atoms with Crippen molar-refractivity contribution < 1.29 is 4.79 Å². The van der Waals surface area contributed by atoms with Crippen LogP contribution in [0.15, 0.2) is 30.3 Å². The predicted octanol–water partition coefficient (Wildman–Crippen LogP) is 2.44. The molecule has 1 amide bonds. The number of unbranched alkanes of at least 4 members (excludes halogenated alkanes) is 1. The lowest BCUT2D eigenvalue weighted by molar-refractivity contribution is -0.120. The van der Waals surface area contributed by atoms with Gasteiger partial charge in [0.2, 0.25) is 5.91 Å². The van der Waals surface area contributed by atoms with Gasteiger partial charge in [-0.15, -0.1) is 0 Å². The van der Waals surface area contributed by atoms with Crippen molar-refractivity contribution >= 4 is 18.5 Å². The molecule has 0 heterocycles. The van der Waals surface area contributed by atoms with Crippen LogP contribution in [0.4, 0.5) is 0 Å². The number of benzene rings is 1. The first kappa shape index (κ1) is 13.1. The molecule has 1 rings (SSSR count). The van der Waals surface area contributed by atoms with E-state index in [2.05, 4.69) is 24.9 Å². The average Bonchev–Trinajstić information content (AvgIpc) is 2.30. The van der Waals surface area contributed by atoms with Crippen LogP contribution in [-0.2, 0) is 11.2 Å². The molecule has 1 aromatic rings. The molecule has 0 saturated carbocycles. The molecule has 1 aromatic carbocycles. The number of carbonyl (C=O) groups is 1. The molecule has 0 aliphatic heterocycles. The van der Waals surface area contributed by atoms with Crippen LogP contribution in [0.25, 0.3) is 0 Å². The standard InChI is InChI=1S/C13H19NOS/c1-2-3-9-14-13(15)12(16)10-11-7-5-4-6-8-11/h4-8,12,16H,2-3,9-10H2,1H3,(H,14,15). The number of hydrogen-bond donors (Lipinski definition) is 2. The van der Waals surface area contributed by atoms with Crippen molar-refractivity contribution in [2.75, 3.05) is 6.54 Å². The minimum atomic E-state index is -0.251. The van der Waals surface area contributed by atoms with E-state index in [4.69, 9.17) is 0 Å². The summed E-state index contributed by atoms with van der Waals surface area (Å²) < 4.78 is 0. The van der Waals surface area contributed by atoms with Crippen molar-refractivity contribution in [3.05, 3.63) is 35.9 Å². The molecule has 0 bridgehead atoms. The van der Waals surface area contributed by atoms with Crippen LogP contribution in [0, 0.1) is 0 Å². The van der Waals surface area contributed by atoms with Gasteiger partial charge in [0.15, 0.2) is 0 Å². The molecule has 0 aliphatic rings. The predicted molar refractivity (Wildman–Crippen MR) is 70.8 cm³/mol. The third-order valence-corrected chi connectivity index (χ3v) is 2.82. The van der Waals surface area contributed by atoms with E-state index in [0.29, 0.717) is 6.42 Å². The Morgan fingerprint density at radius 1 is 1.38 bits per heavy atom. The van der Waals surface area contributed by atoms with Crippen LogP contribution in [0.1, 0.15) is 25.3 Å². The highest BCUT2D eigenvalue weighted by atomic mass is 32.1. The highest BCUT2D eigenvalue weighted by molar-refractivity contribution is 7.81. The zero-order valence-electron chi connectivity index (χ0n) is 9.65. The smallest absolute Gasteiger partial charge is 0.233 e. The highest BCUT2D eigenvalue weighted by Gasteiger charge is 2.13. The molecule has 0 aliphatic carbocycles. The summed E-state index contributed by atoms with van der Waals surface area (Å²) in [5.41, 5.74) is 1.15. The Labute approximate surface area is 103 Å². The van der Waals surface area contributed by atoms with E-state index in [0.717, 1.165) is 24.9 Å². The first-order valence-corrected chi connectivity index (χ1v) is 6.25. The summed E-state index contributed by atoms with van der Waals surface area (Å²) >= 11 is 4.33. The van der Waals surface area contributed by atoms with Crippen molar-refractivity contribution in [3.8, 4) is 0 Å². The Bertz CT molecular complexity index is 313. The fraction of sp³-hybridized carbons (Fsp3) is 0.462. The lowest BCUT2D eigenvalue weighted by atomic mass is 10.1. The summed E-state index contributed by atoms with van der Waals surface area (Å²) in [5.74, 6) is 0.0284. The SMILES string of the molecule is CCCCNC(=O)C(S)Cc1ccccc1. The van der Waals surface area contributed by atoms with Crippen molar-refractivity contribution in [3.63, 3.8) is 0 Å². The Kier molecular flexibility index (Phi) is 6.01. The summed E-state index contributed by atoms with van der Waals surface area (Å²) in [6.45, 7) is 2.86. The number of hydrogen-bond acceptors (Lipinski definition) is 2. The van der Waals surface area contributed by atoms with E-state index >= 15 is 0 Å². The minimum Gasteiger partial charge on any atom is -0.355 e. The Morgan fingerprint density at radius 3 is 2.69 bits per heavy atom. The molecule has 16 heavy (non-hydrogen) atoms. The molecule has 1 N–H and O–H groups in total. The van der Waals surface area contributed by atoms with Gasteiger partial charge in [0.05, 0.1) is 5.25 Å². The quantitative estimate of drug-likeness (QED) is 0.577. The second-order valence-corrected chi connectivity index (χ2v) is 4.47. The maximum absolute atomic E-state index is 11.6. The molecule has 1 unspecified atom stereocenters. The van der Waals surface area contributed by atoms with Crippen LogP contribution >= 0.6 is 12.6 Å². The fourth-order valence-corrected chi connectivity index (χ4v) is 1.74. The Balaban J connectivity index is 2.34. The first-order chi connectivity index (χ1) is 7.74. The van der Waals surface area contributed by atoms with Gasteiger partial charge in [-0.3, -0.25) is 4.79 Å². The van der Waals surface area contributed by atoms with E-state index in [1.165, 1.54) is 0 Å². The van der Waals surface area contributed by atoms with Crippen LogP contribution in [0.5, 0.6) is 0 Å². The van der Waals surface area contributed by atoms with Gasteiger partial charge in [0.1, 0.15) is 0 Å². The Hall–Kier alpha value is -0.960. The monoisotopic (exact) mass is 237 g/mol. The molecular formula is C13H19NOS. The van der Waals surface area contributed by atoms with Gasteiger partial charge >= 0.3 is 0 Å². The summed E-state index contributed by atoms with van der Waals surface area (Å²) in [7, 11) is 0. The molecule has 1 atom stereocenters. The van der Waals surface area contributed by atoms with Gasteiger partial charge in [-0.05, 0) is 18.4 Å². The van der Waals surface area contributed by atoms with E-state index in [9.17, 15) is 4.79 Å². The zero-order valence-corrected chi connectivity index (χ0v) is 10.5. The van der Waals surface area contributed by atoms with E-state index in [1.54, 1.807) is 0 Å². The molecule has 3 heteroatoms. The molecular weight excluding hydrogens is 218 g/mol. The van der Waals surface area contributed by atoms with Gasteiger partial charge in [0.25, 0.3) is 0 Å². The van der Waals surface area contributed by atoms with Gasteiger partial charge in [-0.2, -0.15) is 12.6 Å². The second kappa shape index (κ2) is 7.34. The second-order valence-electron chi connectivity index (χ2n) is 3.85. The zero-order chi connectivity index (χ0) is 11.8. The fourth-order valence-electron chi connectivity index (χ4n) is 1.44. The van der Waals surface area contributed by atoms with Crippen LogP contribution < -0.4 is 5.32 Å². The van der Waals surface area contributed by atoms with E-state index in [1.807, 2.05) is 30.3 Å². The number of thiol groups is 1.